The molecular formula is C35H47N3O9S2. The molecule has 3 aromatic carbocycles. The highest BCUT2D eigenvalue weighted by Gasteiger charge is 2.33. The van der Waals surface area contributed by atoms with Crippen molar-refractivity contribution in [1.82, 2.24) is 4.90 Å². The first-order valence-corrected chi connectivity index (χ1v) is 19.5. The lowest BCUT2D eigenvalue weighted by Gasteiger charge is -2.32. The number of unbranched alkanes of at least 4 members (excludes halogenated alkanes) is 4. The number of carbonyl (C=O) groups excluding carboxylic acids is 1. The Labute approximate surface area is 289 Å². The molecule has 1 fully saturated rings. The first kappa shape index (κ1) is 38.3. The van der Waals surface area contributed by atoms with Crippen LogP contribution in [-0.2, 0) is 47.3 Å². The Balaban J connectivity index is 0.000000463. The molecule has 0 spiro atoms. The maximum atomic E-state index is 12.4. The van der Waals surface area contributed by atoms with E-state index in [4.69, 9.17) is 29.2 Å². The predicted octanol–water partition coefficient (Wildman–Crippen LogP) is 5.41. The van der Waals surface area contributed by atoms with Crippen molar-refractivity contribution in [3.63, 3.8) is 0 Å². The van der Waals surface area contributed by atoms with E-state index in [1.165, 1.54) is 18.2 Å². The van der Waals surface area contributed by atoms with Crippen molar-refractivity contribution in [2.45, 2.75) is 87.1 Å². The number of primary sulfonamides is 2. The van der Waals surface area contributed by atoms with Gasteiger partial charge in [0.1, 0.15) is 11.9 Å². The first-order chi connectivity index (χ1) is 23.2. The van der Waals surface area contributed by atoms with Gasteiger partial charge in [0.05, 0.1) is 22.9 Å². The van der Waals surface area contributed by atoms with Gasteiger partial charge in [-0.05, 0) is 79.6 Å². The first-order valence-electron chi connectivity index (χ1n) is 16.4. The molecule has 4 N–H and O–H groups in total. The summed E-state index contributed by atoms with van der Waals surface area (Å²) in [6.45, 7) is 6.91. The molecule has 0 unspecified atom stereocenters. The van der Waals surface area contributed by atoms with Gasteiger partial charge in [0.2, 0.25) is 25.8 Å². The van der Waals surface area contributed by atoms with Gasteiger partial charge in [-0.2, -0.15) is 0 Å². The molecule has 49 heavy (non-hydrogen) atoms. The number of sulfonamides is 2. The van der Waals surface area contributed by atoms with Crippen molar-refractivity contribution in [2.75, 3.05) is 26.3 Å². The third-order valence-electron chi connectivity index (χ3n) is 8.04. The van der Waals surface area contributed by atoms with Gasteiger partial charge in [0, 0.05) is 39.2 Å². The van der Waals surface area contributed by atoms with Gasteiger partial charge in [-0.1, -0.05) is 49.2 Å². The van der Waals surface area contributed by atoms with Crippen LogP contribution in [0.1, 0.15) is 75.2 Å². The van der Waals surface area contributed by atoms with Crippen molar-refractivity contribution in [1.29, 1.82) is 0 Å². The third kappa shape index (κ3) is 12.4. The number of cyclic esters (lactones) is 1. The number of amides is 1. The largest absolute Gasteiger partial charge is 0.463 e. The van der Waals surface area contributed by atoms with Gasteiger partial charge >= 0.3 is 6.09 Å². The molecule has 2 aliphatic heterocycles. The summed E-state index contributed by atoms with van der Waals surface area (Å²) >= 11 is 0. The molecule has 0 radical (unpaired) electrons. The monoisotopic (exact) mass is 717 g/mol. The quantitative estimate of drug-likeness (QED) is 0.195. The number of hydrogen-bond acceptors (Lipinski definition) is 9. The highest BCUT2D eigenvalue weighted by Crippen LogP contribution is 2.35. The Hall–Kier alpha value is -3.53. The number of fused-ring (bicyclic) bond motifs is 1. The maximum Gasteiger partial charge on any atom is 0.410 e. The molecule has 0 aromatic heterocycles. The molecule has 3 aromatic rings. The molecule has 0 saturated carbocycles. The fraction of sp³-hybridized carbons (Fsp3) is 0.457. The highest BCUT2D eigenvalue weighted by atomic mass is 32.2. The van der Waals surface area contributed by atoms with Crippen LogP contribution >= 0.6 is 0 Å². The van der Waals surface area contributed by atoms with Crippen LogP contribution < -0.4 is 15.0 Å². The van der Waals surface area contributed by atoms with Crippen molar-refractivity contribution >= 4 is 26.1 Å². The minimum atomic E-state index is -3.66. The van der Waals surface area contributed by atoms with E-state index in [1.807, 2.05) is 38.1 Å². The number of benzene rings is 3. The molecule has 0 aliphatic carbocycles. The number of hydrogen-bond donors (Lipinski definition) is 2. The van der Waals surface area contributed by atoms with E-state index in [0.717, 1.165) is 74.0 Å². The van der Waals surface area contributed by atoms with E-state index in [2.05, 4.69) is 0 Å². The van der Waals surface area contributed by atoms with Crippen molar-refractivity contribution < 1.29 is 40.6 Å². The average molecular weight is 718 g/mol. The summed E-state index contributed by atoms with van der Waals surface area (Å²) < 4.78 is 67.1. The molecule has 268 valence electrons. The van der Waals surface area contributed by atoms with Gasteiger partial charge < -0.3 is 23.8 Å². The summed E-state index contributed by atoms with van der Waals surface area (Å²) in [5.74, 6) is 0.180. The van der Waals surface area contributed by atoms with E-state index in [9.17, 15) is 21.6 Å². The second-order valence-corrected chi connectivity index (χ2v) is 15.6. The normalized spacial score (nSPS) is 17.0. The fourth-order valence-corrected chi connectivity index (χ4v) is 6.53. The zero-order chi connectivity index (χ0) is 35.5. The SMILES string of the molecule is CC1(C)OCc2cc([C@@H]3CN(CCCCCCOCCCCc4cccc(S(N)(=O)=O)c4)C(=O)O3)ccc2O1.NS(=O)(=O)c1ccccc1. The molecule has 5 rings (SSSR count). The Morgan fingerprint density at radius 3 is 2.18 bits per heavy atom. The van der Waals surface area contributed by atoms with E-state index < -0.39 is 25.8 Å². The van der Waals surface area contributed by atoms with Crippen LogP contribution in [0.25, 0.3) is 0 Å². The standard InChI is InChI=1S/C29H40N2O7S.C6H7NO2S/c1-29(2)36-21-24-19-23(13-14-26(24)38-29)27-20-31(28(32)37-27)15-6-3-4-7-16-35-17-8-5-10-22-11-9-12-25(18-22)39(30,33)34;7-10(8,9)6-4-2-1-3-5-6/h9,11-14,18-19,27H,3-8,10,15-17,20-21H2,1-2H3,(H2,30,33,34);1-5H,(H2,7,8,9)/t27-;/m0./s1. The van der Waals surface area contributed by atoms with Crippen LogP contribution in [0, 0.1) is 0 Å². The van der Waals surface area contributed by atoms with Crippen LogP contribution in [0.5, 0.6) is 5.75 Å². The molecule has 0 bridgehead atoms. The lowest BCUT2D eigenvalue weighted by Crippen LogP contribution is -2.35. The smallest absolute Gasteiger partial charge is 0.410 e. The second-order valence-electron chi connectivity index (χ2n) is 12.5. The molecule has 14 heteroatoms. The molecule has 1 atom stereocenters. The number of ether oxygens (including phenoxy) is 4. The van der Waals surface area contributed by atoms with Crippen molar-refractivity contribution in [2.24, 2.45) is 10.3 Å². The molecular weight excluding hydrogens is 671 g/mol. The van der Waals surface area contributed by atoms with Gasteiger partial charge in [-0.25, -0.2) is 31.9 Å². The van der Waals surface area contributed by atoms with E-state index in [0.29, 0.717) is 26.3 Å². The molecule has 2 heterocycles. The zero-order valence-corrected chi connectivity index (χ0v) is 29.7. The maximum absolute atomic E-state index is 12.4. The van der Waals surface area contributed by atoms with Gasteiger partial charge in [0.15, 0.2) is 0 Å². The Bertz CT molecular complexity index is 1750. The fourth-order valence-electron chi connectivity index (χ4n) is 5.41. The Kier molecular flexibility index (Phi) is 13.6. The summed E-state index contributed by atoms with van der Waals surface area (Å²) in [6, 6.07) is 20.6. The second kappa shape index (κ2) is 17.4. The highest BCUT2D eigenvalue weighted by molar-refractivity contribution is 7.89. The number of aryl methyl sites for hydroxylation is 1. The summed E-state index contributed by atoms with van der Waals surface area (Å²) in [6.07, 6.45) is 6.09. The summed E-state index contributed by atoms with van der Waals surface area (Å²) in [5, 5.41) is 10.0. The van der Waals surface area contributed by atoms with E-state index in [-0.39, 0.29) is 22.0 Å². The molecule has 1 amide bonds. The average Bonchev–Trinajstić information content (AvgIpc) is 3.43. The molecule has 1 saturated heterocycles. The summed E-state index contributed by atoms with van der Waals surface area (Å²) in [5.41, 5.74) is 2.90. The van der Waals surface area contributed by atoms with Crippen molar-refractivity contribution in [3.05, 3.63) is 89.5 Å². The third-order valence-corrected chi connectivity index (χ3v) is 9.88. The molecule has 2 aliphatic rings. The number of rotatable bonds is 15. The lowest BCUT2D eigenvalue weighted by atomic mass is 10.0. The number of nitrogens with zero attached hydrogens (tertiary/aromatic N) is 1. The van der Waals surface area contributed by atoms with Crippen molar-refractivity contribution in [3.8, 4) is 5.75 Å². The summed E-state index contributed by atoms with van der Waals surface area (Å²) in [7, 11) is -7.17. The van der Waals surface area contributed by atoms with Crippen LogP contribution in [0.3, 0.4) is 0 Å². The zero-order valence-electron chi connectivity index (χ0n) is 28.1. The Morgan fingerprint density at radius 1 is 0.816 bits per heavy atom. The lowest BCUT2D eigenvalue weighted by molar-refractivity contribution is -0.180. The van der Waals surface area contributed by atoms with Crippen LogP contribution in [0.15, 0.2) is 82.6 Å². The van der Waals surface area contributed by atoms with Crippen LogP contribution in [0.4, 0.5) is 4.79 Å². The molecule has 12 nitrogen and oxygen atoms in total. The Morgan fingerprint density at radius 2 is 1.49 bits per heavy atom. The predicted molar refractivity (Wildman–Crippen MR) is 185 cm³/mol. The van der Waals surface area contributed by atoms with E-state index >= 15 is 0 Å². The number of carbonyl (C=O) groups is 1. The van der Waals surface area contributed by atoms with Gasteiger partial charge in [-0.3, -0.25) is 0 Å². The minimum absolute atomic E-state index is 0.148. The summed E-state index contributed by atoms with van der Waals surface area (Å²) in [4.78, 5) is 14.5. The van der Waals surface area contributed by atoms with Crippen LogP contribution in [-0.4, -0.2) is 59.9 Å². The van der Waals surface area contributed by atoms with Gasteiger partial charge in [0.25, 0.3) is 0 Å². The number of nitrogens with two attached hydrogens (primary N) is 2. The van der Waals surface area contributed by atoms with Gasteiger partial charge in [-0.15, -0.1) is 0 Å². The van der Waals surface area contributed by atoms with Crippen LogP contribution in [0.2, 0.25) is 0 Å². The minimum Gasteiger partial charge on any atom is -0.463 e. The van der Waals surface area contributed by atoms with E-state index in [1.54, 1.807) is 35.2 Å². The topological polar surface area (TPSA) is 178 Å².